The number of alkyl halides is 3. The Morgan fingerprint density at radius 3 is 2.48 bits per heavy atom. The maximum atomic E-state index is 13.4. The maximum Gasteiger partial charge on any atom is 0.424 e. The van der Waals surface area contributed by atoms with Gasteiger partial charge in [0.05, 0.1) is 4.92 Å². The van der Waals surface area contributed by atoms with Crippen LogP contribution in [0.15, 0.2) is 34.7 Å². The lowest BCUT2D eigenvalue weighted by Crippen LogP contribution is -2.43. The topological polar surface area (TPSA) is 132 Å². The van der Waals surface area contributed by atoms with Crippen molar-refractivity contribution >= 4 is 17.3 Å². The summed E-state index contributed by atoms with van der Waals surface area (Å²) in [7, 11) is 0. The average molecular weight is 387 g/mol. The molecule has 0 unspecified atom stereocenters. The number of carbonyl (C=O) groups excluding carboxylic acids is 1. The Morgan fingerprint density at radius 1 is 1.33 bits per heavy atom. The molecule has 0 bridgehead atoms. The molecular formula is C16H16F3N3O5. The second kappa shape index (κ2) is 7.27. The number of rotatable bonds is 7. The van der Waals surface area contributed by atoms with E-state index < -0.39 is 47.0 Å². The summed E-state index contributed by atoms with van der Waals surface area (Å²) in [5.74, 6) is -1.37. The van der Waals surface area contributed by atoms with Crippen LogP contribution < -0.4 is 11.1 Å². The van der Waals surface area contributed by atoms with Crippen LogP contribution in [0.4, 0.5) is 24.5 Å². The van der Waals surface area contributed by atoms with Crippen LogP contribution >= 0.6 is 0 Å². The van der Waals surface area contributed by atoms with E-state index >= 15 is 0 Å². The summed E-state index contributed by atoms with van der Waals surface area (Å²) in [6.45, 7) is 0.967. The van der Waals surface area contributed by atoms with Gasteiger partial charge >= 0.3 is 6.18 Å². The Balaban J connectivity index is 2.23. The lowest BCUT2D eigenvalue weighted by Gasteiger charge is -2.28. The Morgan fingerprint density at radius 2 is 2.00 bits per heavy atom. The first kappa shape index (κ1) is 20.2. The lowest BCUT2D eigenvalue weighted by atomic mass is 9.95. The third-order valence-corrected chi connectivity index (χ3v) is 3.90. The number of anilines is 1. The molecule has 2 aromatic rings. The number of aryl methyl sites for hydroxylation is 1. The van der Waals surface area contributed by atoms with Gasteiger partial charge in [0.1, 0.15) is 17.2 Å². The van der Waals surface area contributed by atoms with Gasteiger partial charge in [-0.15, -0.1) is 0 Å². The molecule has 11 heteroatoms. The highest BCUT2D eigenvalue weighted by Gasteiger charge is 2.56. The minimum Gasteiger partial charge on any atom is -0.463 e. The summed E-state index contributed by atoms with van der Waals surface area (Å²) in [4.78, 5) is 21.4. The van der Waals surface area contributed by atoms with Crippen LogP contribution in [-0.2, 0) is 5.60 Å². The molecule has 1 aromatic heterocycles. The number of hydrogen-bond acceptors (Lipinski definition) is 6. The Hall–Kier alpha value is -3.08. The summed E-state index contributed by atoms with van der Waals surface area (Å²) in [6.07, 6.45) is -5.89. The van der Waals surface area contributed by atoms with Gasteiger partial charge in [0, 0.05) is 24.6 Å². The smallest absolute Gasteiger partial charge is 0.424 e. The SMILES string of the molecule is Cc1ccc([C@](O)(CCNc2ccc(C(N)=O)cc2[N+](=O)[O-])C(F)(F)F)o1. The van der Waals surface area contributed by atoms with Gasteiger partial charge in [-0.1, -0.05) is 0 Å². The molecular weight excluding hydrogens is 371 g/mol. The number of nitrogens with one attached hydrogen (secondary N) is 1. The van der Waals surface area contributed by atoms with Crippen molar-refractivity contribution in [3.8, 4) is 0 Å². The Bertz CT molecular complexity index is 865. The van der Waals surface area contributed by atoms with Crippen LogP contribution in [0, 0.1) is 17.0 Å². The van der Waals surface area contributed by atoms with Gasteiger partial charge in [0.25, 0.3) is 5.69 Å². The maximum absolute atomic E-state index is 13.4. The van der Waals surface area contributed by atoms with Gasteiger partial charge in [-0.3, -0.25) is 14.9 Å². The van der Waals surface area contributed by atoms with Crippen LogP contribution in [-0.4, -0.2) is 28.7 Å². The number of benzene rings is 1. The summed E-state index contributed by atoms with van der Waals surface area (Å²) in [5.41, 5.74) is 1.01. The Labute approximate surface area is 150 Å². The van der Waals surface area contributed by atoms with E-state index in [9.17, 15) is 33.2 Å². The number of furan rings is 1. The van der Waals surface area contributed by atoms with Crippen molar-refractivity contribution in [2.45, 2.75) is 25.1 Å². The van der Waals surface area contributed by atoms with Crippen LogP contribution in [0.25, 0.3) is 0 Å². The van der Waals surface area contributed by atoms with E-state index in [1.807, 2.05) is 0 Å². The molecule has 0 radical (unpaired) electrons. The molecule has 0 aliphatic carbocycles. The number of amides is 1. The van der Waals surface area contributed by atoms with Gasteiger partial charge in [0.15, 0.2) is 0 Å². The second-order valence-corrected chi connectivity index (χ2v) is 5.80. The van der Waals surface area contributed by atoms with Gasteiger partial charge in [-0.2, -0.15) is 13.2 Å². The number of nitrogens with zero attached hydrogens (tertiary/aromatic N) is 1. The molecule has 0 aliphatic heterocycles. The number of halogens is 3. The quantitative estimate of drug-likeness (QED) is 0.494. The van der Waals surface area contributed by atoms with Crippen LogP contribution in [0.5, 0.6) is 0 Å². The average Bonchev–Trinajstić information content (AvgIpc) is 3.00. The van der Waals surface area contributed by atoms with Crippen LogP contribution in [0.3, 0.4) is 0 Å². The highest BCUT2D eigenvalue weighted by atomic mass is 19.4. The van der Waals surface area contributed by atoms with Crippen LogP contribution in [0.1, 0.15) is 28.3 Å². The number of primary amides is 1. The van der Waals surface area contributed by atoms with E-state index in [1.54, 1.807) is 0 Å². The van der Waals surface area contributed by atoms with Crippen molar-refractivity contribution in [3.63, 3.8) is 0 Å². The number of carbonyl (C=O) groups is 1. The molecule has 2 rings (SSSR count). The fraction of sp³-hybridized carbons (Fsp3) is 0.312. The zero-order valence-electron chi connectivity index (χ0n) is 14.0. The van der Waals surface area contributed by atoms with E-state index in [1.165, 1.54) is 19.1 Å². The molecule has 27 heavy (non-hydrogen) atoms. The van der Waals surface area contributed by atoms with Crippen LogP contribution in [0.2, 0.25) is 0 Å². The van der Waals surface area contributed by atoms with Crippen molar-refractivity contribution in [1.29, 1.82) is 0 Å². The first-order valence-electron chi connectivity index (χ1n) is 7.64. The van der Waals surface area contributed by atoms with E-state index in [0.717, 1.165) is 18.2 Å². The number of hydrogen-bond donors (Lipinski definition) is 3. The monoisotopic (exact) mass is 387 g/mol. The summed E-state index contributed by atoms with van der Waals surface area (Å²) in [6, 6.07) is 5.57. The highest BCUT2D eigenvalue weighted by Crippen LogP contribution is 2.42. The molecule has 0 spiro atoms. The highest BCUT2D eigenvalue weighted by molar-refractivity contribution is 5.94. The number of nitro benzene ring substituents is 1. The number of nitrogens with two attached hydrogens (primary N) is 1. The predicted octanol–water partition coefficient (Wildman–Crippen LogP) is 2.85. The Kier molecular flexibility index (Phi) is 5.45. The molecule has 0 fully saturated rings. The van der Waals surface area contributed by atoms with Gasteiger partial charge < -0.3 is 20.6 Å². The summed E-state index contributed by atoms with van der Waals surface area (Å²) < 4.78 is 45.1. The molecule has 4 N–H and O–H groups in total. The first-order valence-corrected chi connectivity index (χ1v) is 7.64. The molecule has 1 atom stereocenters. The predicted molar refractivity (Wildman–Crippen MR) is 88.1 cm³/mol. The standard InChI is InChI=1S/C16H16F3N3O5/c1-9-2-5-13(27-9)15(24,16(17,18)19)6-7-21-11-4-3-10(14(20)23)8-12(11)22(25)26/h2-5,8,21,24H,6-7H2,1H3,(H2,20,23)/t15-/m1/s1. The van der Waals surface area contributed by atoms with Gasteiger partial charge in [0.2, 0.25) is 11.5 Å². The molecule has 146 valence electrons. The van der Waals surface area contributed by atoms with E-state index in [4.69, 9.17) is 10.2 Å². The zero-order valence-corrected chi connectivity index (χ0v) is 14.0. The minimum atomic E-state index is -5.03. The third kappa shape index (κ3) is 4.19. The normalized spacial score (nSPS) is 13.8. The molecule has 1 amide bonds. The van der Waals surface area contributed by atoms with E-state index in [-0.39, 0.29) is 17.0 Å². The first-order chi connectivity index (χ1) is 12.5. The molecule has 0 saturated heterocycles. The van der Waals surface area contributed by atoms with E-state index in [0.29, 0.717) is 0 Å². The minimum absolute atomic E-state index is 0.120. The summed E-state index contributed by atoms with van der Waals surface area (Å²) in [5, 5.41) is 23.7. The van der Waals surface area contributed by atoms with E-state index in [2.05, 4.69) is 5.32 Å². The molecule has 1 heterocycles. The number of nitro groups is 1. The lowest BCUT2D eigenvalue weighted by molar-refractivity contribution is -0.384. The van der Waals surface area contributed by atoms with Crippen molar-refractivity contribution < 1.29 is 32.4 Å². The third-order valence-electron chi connectivity index (χ3n) is 3.90. The molecule has 0 saturated carbocycles. The molecule has 1 aromatic carbocycles. The fourth-order valence-corrected chi connectivity index (χ4v) is 2.42. The number of aliphatic hydroxyl groups is 1. The zero-order chi connectivity index (χ0) is 20.4. The largest absolute Gasteiger partial charge is 0.463 e. The van der Waals surface area contributed by atoms with Crippen molar-refractivity contribution in [2.75, 3.05) is 11.9 Å². The van der Waals surface area contributed by atoms with Gasteiger partial charge in [-0.25, -0.2) is 0 Å². The second-order valence-electron chi connectivity index (χ2n) is 5.80. The molecule has 8 nitrogen and oxygen atoms in total. The van der Waals surface area contributed by atoms with Gasteiger partial charge in [-0.05, 0) is 31.2 Å². The summed E-state index contributed by atoms with van der Waals surface area (Å²) >= 11 is 0. The van der Waals surface area contributed by atoms with Crippen molar-refractivity contribution in [3.05, 3.63) is 57.5 Å². The fourth-order valence-electron chi connectivity index (χ4n) is 2.42. The van der Waals surface area contributed by atoms with Crippen molar-refractivity contribution in [2.24, 2.45) is 5.73 Å². The van der Waals surface area contributed by atoms with Crippen molar-refractivity contribution in [1.82, 2.24) is 0 Å². The molecule has 0 aliphatic rings.